The van der Waals surface area contributed by atoms with Crippen LogP contribution in [0.4, 0.5) is 0 Å². The molecule has 0 saturated carbocycles. The molecule has 2 aliphatic heterocycles. The van der Waals surface area contributed by atoms with E-state index in [1.165, 1.54) is 0 Å². The summed E-state index contributed by atoms with van der Waals surface area (Å²) >= 11 is 12.5. The molecule has 0 radical (unpaired) electrons. The predicted octanol–water partition coefficient (Wildman–Crippen LogP) is 4.86. The molecule has 1 amide bonds. The van der Waals surface area contributed by atoms with Gasteiger partial charge in [-0.05, 0) is 54.0 Å². The van der Waals surface area contributed by atoms with Crippen molar-refractivity contribution < 1.29 is 4.79 Å². The van der Waals surface area contributed by atoms with Gasteiger partial charge < -0.3 is 5.32 Å². The van der Waals surface area contributed by atoms with Crippen molar-refractivity contribution in [2.24, 2.45) is 0 Å². The molecular formula is C23H18Cl2N4O. The van der Waals surface area contributed by atoms with Crippen LogP contribution in [-0.2, 0) is 4.79 Å². The minimum atomic E-state index is -0.338. The molecule has 0 aliphatic carbocycles. The van der Waals surface area contributed by atoms with E-state index in [0.29, 0.717) is 27.7 Å². The maximum Gasteiger partial charge on any atom is 0.268 e. The van der Waals surface area contributed by atoms with Gasteiger partial charge in [0, 0.05) is 33.9 Å². The fourth-order valence-electron chi connectivity index (χ4n) is 3.48. The van der Waals surface area contributed by atoms with Crippen molar-refractivity contribution in [3.05, 3.63) is 93.1 Å². The number of nitriles is 1. The minimum absolute atomic E-state index is 0.158. The second kappa shape index (κ2) is 8.27. The van der Waals surface area contributed by atoms with Crippen molar-refractivity contribution in [3.8, 4) is 6.07 Å². The molecule has 2 aromatic rings. The van der Waals surface area contributed by atoms with Gasteiger partial charge in [0.2, 0.25) is 0 Å². The van der Waals surface area contributed by atoms with E-state index in [4.69, 9.17) is 28.5 Å². The SMILES string of the molecule is C/C1=C/C=C(/c2ccc(Cl)cc2Cl)CC2NC(c3ccc(C#N)cc3)=CC(=O)N2N1. The molecule has 2 aliphatic rings. The third kappa shape index (κ3) is 4.06. The lowest BCUT2D eigenvalue weighted by Gasteiger charge is -2.38. The largest absolute Gasteiger partial charge is 0.363 e. The second-order valence-corrected chi connectivity index (χ2v) is 7.94. The lowest BCUT2D eigenvalue weighted by atomic mass is 9.98. The molecule has 1 atom stereocenters. The summed E-state index contributed by atoms with van der Waals surface area (Å²) in [5.41, 5.74) is 7.94. The zero-order valence-corrected chi connectivity index (χ0v) is 17.6. The van der Waals surface area contributed by atoms with Crippen molar-refractivity contribution >= 4 is 40.4 Å². The Morgan fingerprint density at radius 1 is 1.13 bits per heavy atom. The van der Waals surface area contributed by atoms with Crippen LogP contribution in [0.15, 0.2) is 66.4 Å². The van der Waals surface area contributed by atoms with Gasteiger partial charge in [0.15, 0.2) is 0 Å². The van der Waals surface area contributed by atoms with Gasteiger partial charge in [-0.3, -0.25) is 10.2 Å². The highest BCUT2D eigenvalue weighted by molar-refractivity contribution is 6.35. The third-order valence-electron chi connectivity index (χ3n) is 4.99. The van der Waals surface area contributed by atoms with Crippen LogP contribution in [0, 0.1) is 11.3 Å². The average molecular weight is 437 g/mol. The zero-order valence-electron chi connectivity index (χ0n) is 16.1. The van der Waals surface area contributed by atoms with Gasteiger partial charge in [0.25, 0.3) is 5.91 Å². The number of carbonyl (C=O) groups excluding carboxylic acids is 1. The predicted molar refractivity (Wildman–Crippen MR) is 119 cm³/mol. The second-order valence-electron chi connectivity index (χ2n) is 7.10. The molecule has 0 spiro atoms. The molecule has 2 aromatic carbocycles. The number of hydrazine groups is 1. The molecule has 0 bridgehead atoms. The molecule has 1 unspecified atom stereocenters. The first kappa shape index (κ1) is 20.1. The van der Waals surface area contributed by atoms with Gasteiger partial charge in [-0.1, -0.05) is 47.5 Å². The number of nitrogens with one attached hydrogen (secondary N) is 2. The number of amides is 1. The van der Waals surface area contributed by atoms with Gasteiger partial charge in [0.1, 0.15) is 6.17 Å². The summed E-state index contributed by atoms with van der Waals surface area (Å²) in [7, 11) is 0. The maximum atomic E-state index is 12.9. The minimum Gasteiger partial charge on any atom is -0.363 e. The Hall–Kier alpha value is -3.20. The number of nitrogens with zero attached hydrogens (tertiary/aromatic N) is 2. The summed E-state index contributed by atoms with van der Waals surface area (Å²) in [6.07, 6.45) is 5.66. The molecule has 0 fully saturated rings. The van der Waals surface area contributed by atoms with Crippen LogP contribution >= 0.6 is 23.2 Å². The van der Waals surface area contributed by atoms with Gasteiger partial charge in [0.05, 0.1) is 11.6 Å². The lowest BCUT2D eigenvalue weighted by molar-refractivity contribution is -0.132. The molecule has 5 nitrogen and oxygen atoms in total. The standard InChI is InChI=1S/C23H18Cl2N4O/c1-14-2-5-17(19-9-8-18(24)11-20(19)25)10-22-27-21(12-23(30)29(22)28-14)16-6-3-15(13-26)4-7-16/h2-9,11-12,22,27-28H,10H2,1H3/b14-2-,17-5+. The Morgan fingerprint density at radius 3 is 2.60 bits per heavy atom. The van der Waals surface area contributed by atoms with E-state index in [9.17, 15) is 4.79 Å². The summed E-state index contributed by atoms with van der Waals surface area (Å²) in [4.78, 5) is 12.9. The molecular weight excluding hydrogens is 419 g/mol. The summed E-state index contributed by atoms with van der Waals surface area (Å²) in [5.74, 6) is -0.158. The fourth-order valence-corrected chi connectivity index (χ4v) is 4.01. The van der Waals surface area contributed by atoms with Crippen molar-refractivity contribution in [1.82, 2.24) is 15.8 Å². The highest BCUT2D eigenvalue weighted by Crippen LogP contribution is 2.32. The topological polar surface area (TPSA) is 68.2 Å². The van der Waals surface area contributed by atoms with Crippen LogP contribution in [0.5, 0.6) is 0 Å². The summed E-state index contributed by atoms with van der Waals surface area (Å²) in [6, 6.07) is 14.6. The van der Waals surface area contributed by atoms with Gasteiger partial charge in [-0.15, -0.1) is 0 Å². The Kier molecular flexibility index (Phi) is 5.54. The van der Waals surface area contributed by atoms with E-state index in [1.807, 2.05) is 37.3 Å². The van der Waals surface area contributed by atoms with E-state index in [-0.39, 0.29) is 12.1 Å². The number of fused-ring (bicyclic) bond motifs is 1. The Labute approximate surface area is 184 Å². The number of benzene rings is 2. The van der Waals surface area contributed by atoms with Crippen molar-refractivity contribution in [2.45, 2.75) is 19.5 Å². The van der Waals surface area contributed by atoms with Gasteiger partial charge >= 0.3 is 0 Å². The number of hydrogen-bond acceptors (Lipinski definition) is 4. The third-order valence-corrected chi connectivity index (χ3v) is 5.53. The molecule has 2 heterocycles. The summed E-state index contributed by atoms with van der Waals surface area (Å²) in [5, 5.41) is 15.2. The molecule has 150 valence electrons. The normalized spacial score (nSPS) is 21.9. The van der Waals surface area contributed by atoms with Crippen LogP contribution in [-0.4, -0.2) is 17.1 Å². The van der Waals surface area contributed by atoms with Gasteiger partial charge in [-0.25, -0.2) is 5.01 Å². The van der Waals surface area contributed by atoms with Crippen LogP contribution < -0.4 is 10.7 Å². The number of halogens is 2. The molecule has 2 N–H and O–H groups in total. The Bertz CT molecular complexity index is 1140. The van der Waals surface area contributed by atoms with Crippen LogP contribution in [0.2, 0.25) is 10.0 Å². The molecule has 4 rings (SSSR count). The van der Waals surface area contributed by atoms with Gasteiger partial charge in [-0.2, -0.15) is 5.26 Å². The molecule has 0 saturated heterocycles. The quantitative estimate of drug-likeness (QED) is 0.704. The lowest BCUT2D eigenvalue weighted by Crippen LogP contribution is -2.57. The average Bonchev–Trinajstić information content (AvgIpc) is 2.72. The monoisotopic (exact) mass is 436 g/mol. The van der Waals surface area contributed by atoms with Crippen LogP contribution in [0.1, 0.15) is 30.0 Å². The summed E-state index contributed by atoms with van der Waals surface area (Å²) < 4.78 is 0. The highest BCUT2D eigenvalue weighted by atomic mass is 35.5. The number of carbonyl (C=O) groups is 1. The van der Waals surface area contributed by atoms with Crippen LogP contribution in [0.25, 0.3) is 11.3 Å². The molecule has 30 heavy (non-hydrogen) atoms. The first-order valence-electron chi connectivity index (χ1n) is 9.36. The maximum absolute atomic E-state index is 12.9. The van der Waals surface area contributed by atoms with Crippen LogP contribution in [0.3, 0.4) is 0 Å². The molecule has 7 heteroatoms. The van der Waals surface area contributed by atoms with E-state index in [2.05, 4.69) is 16.8 Å². The number of rotatable bonds is 2. The number of allylic oxidation sites excluding steroid dienone is 3. The molecule has 0 aromatic heterocycles. The van der Waals surface area contributed by atoms with E-state index < -0.39 is 0 Å². The summed E-state index contributed by atoms with van der Waals surface area (Å²) in [6.45, 7) is 1.90. The fraction of sp³-hybridized carbons (Fsp3) is 0.130. The Morgan fingerprint density at radius 2 is 1.90 bits per heavy atom. The zero-order chi connectivity index (χ0) is 21.3. The van der Waals surface area contributed by atoms with E-state index >= 15 is 0 Å². The first-order valence-corrected chi connectivity index (χ1v) is 10.1. The van der Waals surface area contributed by atoms with E-state index in [0.717, 1.165) is 22.4 Å². The van der Waals surface area contributed by atoms with Crippen molar-refractivity contribution in [1.29, 1.82) is 5.26 Å². The van der Waals surface area contributed by atoms with Crippen molar-refractivity contribution in [3.63, 3.8) is 0 Å². The highest BCUT2D eigenvalue weighted by Gasteiger charge is 2.31. The van der Waals surface area contributed by atoms with Crippen molar-refractivity contribution in [2.75, 3.05) is 0 Å². The van der Waals surface area contributed by atoms with E-state index in [1.54, 1.807) is 35.4 Å². The first-order chi connectivity index (χ1) is 14.4. The smallest absolute Gasteiger partial charge is 0.268 e. The number of hydrogen-bond donors (Lipinski definition) is 2. The Balaban J connectivity index is 1.69.